The maximum absolute atomic E-state index is 13.5. The lowest BCUT2D eigenvalue weighted by molar-refractivity contribution is -0.129. The summed E-state index contributed by atoms with van der Waals surface area (Å²) in [6.45, 7) is 2.23. The summed E-state index contributed by atoms with van der Waals surface area (Å²) >= 11 is 0. The van der Waals surface area contributed by atoms with Gasteiger partial charge in [-0.15, -0.1) is 0 Å². The number of rotatable bonds is 3. The number of piperidine rings is 1. The Balaban J connectivity index is 1.62. The number of benzene rings is 1. The van der Waals surface area contributed by atoms with Crippen LogP contribution in [0.1, 0.15) is 43.7 Å². The molecule has 1 aromatic rings. The van der Waals surface area contributed by atoms with Gasteiger partial charge in [0.15, 0.2) is 0 Å². The quantitative estimate of drug-likeness (QED) is 0.925. The zero-order valence-electron chi connectivity index (χ0n) is 13.8. The third kappa shape index (κ3) is 3.86. The number of hydrogen-bond donors (Lipinski definition) is 1. The Morgan fingerprint density at radius 3 is 2.62 bits per heavy atom. The monoisotopic (exact) mass is 333 g/mol. The van der Waals surface area contributed by atoms with E-state index >= 15 is 0 Å². The van der Waals surface area contributed by atoms with E-state index in [4.69, 9.17) is 0 Å². The Labute approximate surface area is 141 Å². The molecule has 0 radical (unpaired) electrons. The van der Waals surface area contributed by atoms with E-state index in [2.05, 4.69) is 5.32 Å². The molecule has 2 saturated heterocycles. The molecule has 2 aliphatic heterocycles. The number of carbonyl (C=O) groups excluding carboxylic acids is 2. The van der Waals surface area contributed by atoms with Crippen LogP contribution in [0.25, 0.3) is 0 Å². The largest absolute Gasteiger partial charge is 0.341 e. The van der Waals surface area contributed by atoms with Crippen LogP contribution in [0.2, 0.25) is 0 Å². The number of likely N-dealkylation sites (tertiary alicyclic amines) is 2. The summed E-state index contributed by atoms with van der Waals surface area (Å²) in [5.41, 5.74) is 0.815. The van der Waals surface area contributed by atoms with Crippen LogP contribution < -0.4 is 5.32 Å². The van der Waals surface area contributed by atoms with Gasteiger partial charge in [0.1, 0.15) is 5.82 Å². The number of nitrogens with one attached hydrogen (secondary N) is 1. The van der Waals surface area contributed by atoms with Crippen molar-refractivity contribution in [1.82, 2.24) is 15.1 Å². The van der Waals surface area contributed by atoms with E-state index in [9.17, 15) is 14.0 Å². The van der Waals surface area contributed by atoms with Gasteiger partial charge in [0.25, 0.3) is 0 Å². The molecule has 24 heavy (non-hydrogen) atoms. The third-order valence-corrected chi connectivity index (χ3v) is 4.85. The molecule has 0 spiro atoms. The minimum Gasteiger partial charge on any atom is -0.341 e. The minimum atomic E-state index is -0.289. The fourth-order valence-electron chi connectivity index (χ4n) is 3.57. The molecular weight excluding hydrogens is 309 g/mol. The van der Waals surface area contributed by atoms with Gasteiger partial charge in [-0.3, -0.25) is 4.79 Å². The molecule has 2 aliphatic rings. The highest BCUT2D eigenvalue weighted by atomic mass is 19.1. The highest BCUT2D eigenvalue weighted by molar-refractivity contribution is 5.84. The zero-order valence-corrected chi connectivity index (χ0v) is 13.8. The van der Waals surface area contributed by atoms with Crippen LogP contribution in [0.3, 0.4) is 0 Å². The molecule has 130 valence electrons. The van der Waals surface area contributed by atoms with E-state index in [1.807, 2.05) is 6.07 Å². The normalized spacial score (nSPS) is 21.0. The Morgan fingerprint density at radius 2 is 1.88 bits per heavy atom. The number of amides is 3. The van der Waals surface area contributed by atoms with Gasteiger partial charge in [-0.1, -0.05) is 12.1 Å². The summed E-state index contributed by atoms with van der Waals surface area (Å²) in [5, 5.41) is 2.75. The van der Waals surface area contributed by atoms with Crippen LogP contribution in [0.5, 0.6) is 0 Å². The molecule has 2 heterocycles. The van der Waals surface area contributed by atoms with E-state index in [0.717, 1.165) is 50.8 Å². The van der Waals surface area contributed by atoms with Crippen molar-refractivity contribution in [3.05, 3.63) is 35.6 Å². The second kappa shape index (κ2) is 7.64. The Kier molecular flexibility index (Phi) is 5.33. The van der Waals surface area contributed by atoms with Crippen molar-refractivity contribution in [2.75, 3.05) is 26.2 Å². The van der Waals surface area contributed by atoms with Crippen molar-refractivity contribution in [3.63, 3.8) is 0 Å². The molecule has 0 aromatic heterocycles. The smallest absolute Gasteiger partial charge is 0.318 e. The lowest BCUT2D eigenvalue weighted by atomic mass is 9.95. The Morgan fingerprint density at radius 1 is 1.12 bits per heavy atom. The zero-order chi connectivity index (χ0) is 16.9. The predicted molar refractivity (Wildman–Crippen MR) is 88.9 cm³/mol. The topological polar surface area (TPSA) is 52.7 Å². The molecule has 3 rings (SSSR count). The highest BCUT2D eigenvalue weighted by Gasteiger charge is 2.29. The summed E-state index contributed by atoms with van der Waals surface area (Å²) in [4.78, 5) is 28.1. The summed E-state index contributed by atoms with van der Waals surface area (Å²) in [6.07, 6.45) is 4.83. The summed E-state index contributed by atoms with van der Waals surface area (Å²) in [7, 11) is 0. The molecular formula is C18H24FN3O2. The average molecular weight is 333 g/mol. The van der Waals surface area contributed by atoms with E-state index in [-0.39, 0.29) is 30.3 Å². The van der Waals surface area contributed by atoms with Gasteiger partial charge >= 0.3 is 6.03 Å². The minimum absolute atomic E-state index is 0.0276. The Bertz CT molecular complexity index is 602. The fraction of sp³-hybridized carbons (Fsp3) is 0.556. The summed E-state index contributed by atoms with van der Waals surface area (Å²) in [5.74, 6) is -0.317. The lowest BCUT2D eigenvalue weighted by Gasteiger charge is -2.36. The van der Waals surface area contributed by atoms with Crippen molar-refractivity contribution >= 4 is 11.9 Å². The van der Waals surface area contributed by atoms with Gasteiger partial charge < -0.3 is 15.1 Å². The van der Waals surface area contributed by atoms with Crippen molar-refractivity contribution in [1.29, 1.82) is 0 Å². The molecule has 0 aliphatic carbocycles. The first kappa shape index (κ1) is 16.7. The van der Waals surface area contributed by atoms with Gasteiger partial charge in [0, 0.05) is 19.6 Å². The van der Waals surface area contributed by atoms with Crippen LogP contribution in [-0.2, 0) is 4.79 Å². The molecule has 1 N–H and O–H groups in total. The molecule has 0 saturated carbocycles. The fourth-order valence-corrected chi connectivity index (χ4v) is 3.57. The molecule has 2 fully saturated rings. The van der Waals surface area contributed by atoms with Gasteiger partial charge in [0.2, 0.25) is 5.91 Å². The number of nitrogens with zero attached hydrogens (tertiary/aromatic N) is 2. The molecule has 1 atom stereocenters. The average Bonchev–Trinajstić information content (AvgIpc) is 3.14. The molecule has 3 amide bonds. The van der Waals surface area contributed by atoms with Crippen LogP contribution in [0.15, 0.2) is 24.3 Å². The second-order valence-corrected chi connectivity index (χ2v) is 6.51. The molecule has 6 heteroatoms. The number of halogens is 1. The van der Waals surface area contributed by atoms with Gasteiger partial charge in [-0.2, -0.15) is 0 Å². The first-order valence-corrected chi connectivity index (χ1v) is 8.73. The SMILES string of the molecule is O=C(CNC(=O)N1CCCCC1c1cccc(F)c1)N1CCCC1. The number of carbonyl (C=O) groups is 2. The summed E-state index contributed by atoms with van der Waals surface area (Å²) < 4.78 is 13.5. The van der Waals surface area contributed by atoms with Gasteiger partial charge in [-0.25, -0.2) is 9.18 Å². The molecule has 0 bridgehead atoms. The van der Waals surface area contributed by atoms with Crippen LogP contribution in [0.4, 0.5) is 9.18 Å². The van der Waals surface area contributed by atoms with Crippen LogP contribution >= 0.6 is 0 Å². The van der Waals surface area contributed by atoms with Crippen LogP contribution in [0, 0.1) is 5.82 Å². The van der Waals surface area contributed by atoms with E-state index in [1.165, 1.54) is 12.1 Å². The van der Waals surface area contributed by atoms with E-state index in [0.29, 0.717) is 6.54 Å². The van der Waals surface area contributed by atoms with E-state index < -0.39 is 0 Å². The molecule has 5 nitrogen and oxygen atoms in total. The van der Waals surface area contributed by atoms with Crippen molar-refractivity contribution in [2.45, 2.75) is 38.1 Å². The van der Waals surface area contributed by atoms with E-state index in [1.54, 1.807) is 15.9 Å². The van der Waals surface area contributed by atoms with Gasteiger partial charge in [-0.05, 0) is 49.8 Å². The maximum atomic E-state index is 13.5. The Hall–Kier alpha value is -2.11. The standard InChI is InChI=1S/C18H24FN3O2/c19-15-7-5-6-14(12-15)16-8-1-2-11-22(16)18(24)20-13-17(23)21-9-3-4-10-21/h5-7,12,16H,1-4,8-11,13H2,(H,20,24). The van der Waals surface area contributed by atoms with Gasteiger partial charge in [0.05, 0.1) is 12.6 Å². The number of urea groups is 1. The second-order valence-electron chi connectivity index (χ2n) is 6.51. The van der Waals surface area contributed by atoms with Crippen LogP contribution in [-0.4, -0.2) is 47.9 Å². The number of hydrogen-bond acceptors (Lipinski definition) is 2. The summed E-state index contributed by atoms with van der Waals surface area (Å²) in [6, 6.07) is 6.06. The van der Waals surface area contributed by atoms with Crippen molar-refractivity contribution in [3.8, 4) is 0 Å². The first-order valence-electron chi connectivity index (χ1n) is 8.73. The first-order chi connectivity index (χ1) is 11.6. The maximum Gasteiger partial charge on any atom is 0.318 e. The molecule has 1 aromatic carbocycles. The van der Waals surface area contributed by atoms with Crippen molar-refractivity contribution < 1.29 is 14.0 Å². The highest BCUT2D eigenvalue weighted by Crippen LogP contribution is 2.31. The lowest BCUT2D eigenvalue weighted by Crippen LogP contribution is -2.47. The third-order valence-electron chi connectivity index (χ3n) is 4.85. The predicted octanol–water partition coefficient (Wildman–Crippen LogP) is 2.68. The van der Waals surface area contributed by atoms with Crippen molar-refractivity contribution in [2.24, 2.45) is 0 Å². The molecule has 1 unspecified atom stereocenters.